The number of phenols is 1. The van der Waals surface area contributed by atoms with Crippen LogP contribution in [0.2, 0.25) is 0 Å². The maximum atomic E-state index is 11.8. The van der Waals surface area contributed by atoms with Gasteiger partial charge in [0.2, 0.25) is 16.9 Å². The third kappa shape index (κ3) is 5.02. The van der Waals surface area contributed by atoms with Crippen molar-refractivity contribution in [1.82, 2.24) is 15.6 Å². The summed E-state index contributed by atoms with van der Waals surface area (Å²) < 4.78 is 4.98. The number of aromatic nitrogens is 2. The number of anilines is 1. The average Bonchev–Trinajstić information content (AvgIpc) is 2.95. The minimum Gasteiger partial charge on any atom is -0.504 e. The monoisotopic (exact) mass is 349 g/mol. The van der Waals surface area contributed by atoms with Gasteiger partial charge in [0.05, 0.1) is 19.7 Å². The lowest BCUT2D eigenvalue weighted by Crippen LogP contribution is -2.19. The van der Waals surface area contributed by atoms with E-state index < -0.39 is 0 Å². The van der Waals surface area contributed by atoms with Gasteiger partial charge >= 0.3 is 0 Å². The molecule has 126 valence electrons. The lowest BCUT2D eigenvalue weighted by molar-refractivity contribution is -0.120. The van der Waals surface area contributed by atoms with Gasteiger partial charge in [-0.1, -0.05) is 11.3 Å². The molecule has 1 aromatic heterocycles. The van der Waals surface area contributed by atoms with Crippen molar-refractivity contribution in [3.8, 4) is 11.5 Å². The highest BCUT2D eigenvalue weighted by Gasteiger charge is 2.09. The fourth-order valence-electron chi connectivity index (χ4n) is 1.66. The number of hydrazone groups is 1. The first kappa shape index (κ1) is 17.3. The van der Waals surface area contributed by atoms with Crippen LogP contribution >= 0.6 is 11.3 Å². The van der Waals surface area contributed by atoms with Crippen molar-refractivity contribution in [3.05, 3.63) is 28.8 Å². The van der Waals surface area contributed by atoms with E-state index in [4.69, 9.17) is 4.74 Å². The standard InChI is InChI=1S/C14H15N5O4S/c1-8(20)16-14-19-18-13(24-14)6-12(22)17-15-7-9-3-4-10(21)11(5-9)23-2/h3-5,7,21H,6H2,1-2H3,(H,17,22)(H,16,19,20)/b15-7-. The second-order valence-corrected chi connectivity index (χ2v) is 5.65. The Morgan fingerprint density at radius 3 is 2.92 bits per heavy atom. The Morgan fingerprint density at radius 2 is 2.21 bits per heavy atom. The van der Waals surface area contributed by atoms with Crippen LogP contribution in [0, 0.1) is 0 Å². The molecule has 0 atom stereocenters. The Hall–Kier alpha value is -3.01. The first-order valence-electron chi connectivity index (χ1n) is 6.77. The number of amides is 2. The second-order valence-electron chi connectivity index (χ2n) is 4.58. The summed E-state index contributed by atoms with van der Waals surface area (Å²) in [6.07, 6.45) is 1.41. The average molecular weight is 349 g/mol. The number of methoxy groups -OCH3 is 1. The maximum Gasteiger partial charge on any atom is 0.247 e. The molecule has 0 fully saturated rings. The molecule has 0 spiro atoms. The van der Waals surface area contributed by atoms with E-state index in [1.54, 1.807) is 12.1 Å². The van der Waals surface area contributed by atoms with Crippen LogP contribution < -0.4 is 15.5 Å². The normalized spacial score (nSPS) is 10.6. The minimum atomic E-state index is -0.373. The topological polar surface area (TPSA) is 126 Å². The molecule has 2 amide bonds. The summed E-state index contributed by atoms with van der Waals surface area (Å²) in [6.45, 7) is 1.36. The van der Waals surface area contributed by atoms with E-state index in [1.165, 1.54) is 26.3 Å². The van der Waals surface area contributed by atoms with Gasteiger partial charge in [0.25, 0.3) is 0 Å². The maximum absolute atomic E-state index is 11.8. The molecular formula is C14H15N5O4S. The van der Waals surface area contributed by atoms with Crippen molar-refractivity contribution in [2.24, 2.45) is 5.10 Å². The molecule has 2 rings (SSSR count). The van der Waals surface area contributed by atoms with Crippen LogP contribution in [-0.2, 0) is 16.0 Å². The molecule has 0 aliphatic rings. The molecule has 1 heterocycles. The molecular weight excluding hydrogens is 334 g/mol. The predicted octanol–water partition coefficient (Wildman–Crippen LogP) is 0.903. The Kier molecular flexibility index (Phi) is 5.79. The molecule has 10 heteroatoms. The van der Waals surface area contributed by atoms with Crippen molar-refractivity contribution in [2.45, 2.75) is 13.3 Å². The van der Waals surface area contributed by atoms with Crippen molar-refractivity contribution in [3.63, 3.8) is 0 Å². The van der Waals surface area contributed by atoms with E-state index in [0.717, 1.165) is 11.3 Å². The van der Waals surface area contributed by atoms with Gasteiger partial charge in [-0.25, -0.2) is 5.43 Å². The third-order valence-electron chi connectivity index (χ3n) is 2.67. The summed E-state index contributed by atoms with van der Waals surface area (Å²) in [5, 5.41) is 24.1. The van der Waals surface area contributed by atoms with Gasteiger partial charge in [0.1, 0.15) is 5.01 Å². The summed E-state index contributed by atoms with van der Waals surface area (Å²) in [4.78, 5) is 22.7. The number of phenolic OH excluding ortho intramolecular Hbond substituents is 1. The number of benzene rings is 1. The number of carbonyl (C=O) groups is 2. The highest BCUT2D eigenvalue weighted by molar-refractivity contribution is 7.15. The summed E-state index contributed by atoms with van der Waals surface area (Å²) >= 11 is 1.11. The number of hydrogen-bond acceptors (Lipinski definition) is 8. The van der Waals surface area contributed by atoms with Gasteiger partial charge in [0.15, 0.2) is 11.5 Å². The zero-order chi connectivity index (χ0) is 17.5. The van der Waals surface area contributed by atoms with E-state index in [1.807, 2.05) is 0 Å². The molecule has 0 radical (unpaired) electrons. The zero-order valence-corrected chi connectivity index (χ0v) is 13.8. The Labute approximate surface area is 141 Å². The van der Waals surface area contributed by atoms with Crippen LogP contribution in [0.25, 0.3) is 0 Å². The molecule has 2 aromatic rings. The molecule has 0 unspecified atom stereocenters. The van der Waals surface area contributed by atoms with Crippen LogP contribution in [-0.4, -0.2) is 40.4 Å². The summed E-state index contributed by atoms with van der Waals surface area (Å²) in [6, 6.07) is 4.67. The molecule has 9 nitrogen and oxygen atoms in total. The van der Waals surface area contributed by atoms with E-state index in [-0.39, 0.29) is 24.0 Å². The highest BCUT2D eigenvalue weighted by Crippen LogP contribution is 2.25. The SMILES string of the molecule is COc1cc(/C=N\NC(=O)Cc2nnc(NC(C)=O)s2)ccc1O. The van der Waals surface area contributed by atoms with Gasteiger partial charge in [-0.05, 0) is 23.8 Å². The second kappa shape index (κ2) is 8.02. The first-order valence-corrected chi connectivity index (χ1v) is 7.58. The number of nitrogens with zero attached hydrogens (tertiary/aromatic N) is 3. The van der Waals surface area contributed by atoms with Gasteiger partial charge in [-0.3, -0.25) is 9.59 Å². The number of nitrogens with one attached hydrogen (secondary N) is 2. The van der Waals surface area contributed by atoms with Crippen molar-refractivity contribution in [2.75, 3.05) is 12.4 Å². The zero-order valence-electron chi connectivity index (χ0n) is 12.9. The number of hydrogen-bond donors (Lipinski definition) is 3. The van der Waals surface area contributed by atoms with Crippen molar-refractivity contribution >= 4 is 34.5 Å². The molecule has 0 saturated heterocycles. The summed E-state index contributed by atoms with van der Waals surface area (Å²) in [5.74, 6) is -0.298. The Morgan fingerprint density at radius 1 is 1.42 bits per heavy atom. The molecule has 0 aliphatic carbocycles. The van der Waals surface area contributed by atoms with E-state index >= 15 is 0 Å². The molecule has 0 saturated carbocycles. The van der Waals surface area contributed by atoms with Crippen LogP contribution in [0.3, 0.4) is 0 Å². The largest absolute Gasteiger partial charge is 0.504 e. The fraction of sp³-hybridized carbons (Fsp3) is 0.214. The van der Waals surface area contributed by atoms with E-state index in [9.17, 15) is 14.7 Å². The highest BCUT2D eigenvalue weighted by atomic mass is 32.1. The summed E-state index contributed by atoms with van der Waals surface area (Å²) in [7, 11) is 1.44. The number of rotatable bonds is 6. The Balaban J connectivity index is 1.88. The number of aromatic hydroxyl groups is 1. The van der Waals surface area contributed by atoms with Crippen molar-refractivity contribution < 1.29 is 19.4 Å². The molecule has 0 aliphatic heterocycles. The van der Waals surface area contributed by atoms with Gasteiger partial charge in [0, 0.05) is 6.92 Å². The van der Waals surface area contributed by atoms with E-state index in [0.29, 0.717) is 21.5 Å². The molecule has 1 aromatic carbocycles. The van der Waals surface area contributed by atoms with E-state index in [2.05, 4.69) is 26.0 Å². The van der Waals surface area contributed by atoms with Gasteiger partial charge < -0.3 is 15.2 Å². The Bertz CT molecular complexity index is 774. The predicted molar refractivity (Wildman–Crippen MR) is 88.3 cm³/mol. The fourth-order valence-corrected chi connectivity index (χ4v) is 2.44. The molecule has 3 N–H and O–H groups in total. The lowest BCUT2D eigenvalue weighted by atomic mass is 10.2. The lowest BCUT2D eigenvalue weighted by Gasteiger charge is -2.03. The van der Waals surface area contributed by atoms with Crippen LogP contribution in [0.1, 0.15) is 17.5 Å². The van der Waals surface area contributed by atoms with Crippen LogP contribution in [0.5, 0.6) is 11.5 Å². The third-order valence-corrected chi connectivity index (χ3v) is 3.51. The van der Waals surface area contributed by atoms with Crippen LogP contribution in [0.15, 0.2) is 23.3 Å². The number of carbonyl (C=O) groups excluding carboxylic acids is 2. The van der Waals surface area contributed by atoms with Gasteiger partial charge in [-0.2, -0.15) is 5.10 Å². The molecule has 24 heavy (non-hydrogen) atoms. The smallest absolute Gasteiger partial charge is 0.247 e. The van der Waals surface area contributed by atoms with Gasteiger partial charge in [-0.15, -0.1) is 10.2 Å². The summed E-state index contributed by atoms with van der Waals surface area (Å²) in [5.41, 5.74) is 3.01. The molecule has 0 bridgehead atoms. The number of ether oxygens (including phenoxy) is 1. The van der Waals surface area contributed by atoms with Crippen LogP contribution in [0.4, 0.5) is 5.13 Å². The quantitative estimate of drug-likeness (QED) is 0.525. The first-order chi connectivity index (χ1) is 11.5. The van der Waals surface area contributed by atoms with Crippen molar-refractivity contribution in [1.29, 1.82) is 0 Å². The minimum absolute atomic E-state index is 0.00646.